The molecule has 1 unspecified atom stereocenters. The largest absolute Gasteiger partial charge is 0.323 e. The Kier molecular flexibility index (Phi) is 3.83. The summed E-state index contributed by atoms with van der Waals surface area (Å²) in [7, 11) is 0. The Balaban J connectivity index is 1.94. The minimum absolute atomic E-state index is 0.0195. The maximum Gasteiger partial charge on any atom is 0.0722 e. The first-order chi connectivity index (χ1) is 10.1. The Bertz CT molecular complexity index is 750. The zero-order valence-corrected chi connectivity index (χ0v) is 13.6. The standard InChI is InChI=1S/C17H21N3S/c1-4-20-16-8-6-5-7-13(16)15(19-20)10-14(18)17-9-11(2)12(3)21-17/h5-9,14H,4,10,18H2,1-3H3. The number of fused-ring (bicyclic) bond motifs is 1. The van der Waals surface area contributed by atoms with Gasteiger partial charge in [-0.05, 0) is 38.5 Å². The van der Waals surface area contributed by atoms with Crippen LogP contribution in [0.1, 0.15) is 34.0 Å². The average Bonchev–Trinajstić information content (AvgIpc) is 3.01. The Labute approximate surface area is 129 Å². The van der Waals surface area contributed by atoms with E-state index in [1.807, 2.05) is 0 Å². The second-order valence-electron chi connectivity index (χ2n) is 5.48. The molecule has 2 aromatic heterocycles. The first kappa shape index (κ1) is 14.3. The number of aryl methyl sites for hydroxylation is 3. The van der Waals surface area contributed by atoms with Crippen LogP contribution in [0.2, 0.25) is 0 Å². The van der Waals surface area contributed by atoms with Gasteiger partial charge in [-0.1, -0.05) is 18.2 Å². The van der Waals surface area contributed by atoms with Gasteiger partial charge in [0, 0.05) is 34.1 Å². The van der Waals surface area contributed by atoms with Crippen LogP contribution in [0.25, 0.3) is 10.9 Å². The molecule has 0 fully saturated rings. The normalized spacial score (nSPS) is 13.0. The van der Waals surface area contributed by atoms with E-state index in [1.165, 1.54) is 26.2 Å². The highest BCUT2D eigenvalue weighted by molar-refractivity contribution is 7.12. The molecule has 0 radical (unpaired) electrons. The number of benzene rings is 1. The Hall–Kier alpha value is -1.65. The molecule has 0 aliphatic carbocycles. The highest BCUT2D eigenvalue weighted by Gasteiger charge is 2.16. The summed E-state index contributed by atoms with van der Waals surface area (Å²) in [6.07, 6.45) is 0.785. The van der Waals surface area contributed by atoms with Crippen molar-refractivity contribution in [2.24, 2.45) is 5.73 Å². The van der Waals surface area contributed by atoms with E-state index in [4.69, 9.17) is 10.8 Å². The van der Waals surface area contributed by atoms with Crippen molar-refractivity contribution in [1.82, 2.24) is 9.78 Å². The quantitative estimate of drug-likeness (QED) is 0.792. The van der Waals surface area contributed by atoms with Crippen LogP contribution in [0.5, 0.6) is 0 Å². The smallest absolute Gasteiger partial charge is 0.0722 e. The first-order valence-corrected chi connectivity index (χ1v) is 8.18. The van der Waals surface area contributed by atoms with Crippen molar-refractivity contribution in [1.29, 1.82) is 0 Å². The molecule has 1 atom stereocenters. The molecule has 3 aromatic rings. The molecule has 0 aliphatic heterocycles. The fraction of sp³-hybridized carbons (Fsp3) is 0.353. The van der Waals surface area contributed by atoms with Crippen LogP contribution in [-0.4, -0.2) is 9.78 Å². The van der Waals surface area contributed by atoms with Gasteiger partial charge in [0.1, 0.15) is 0 Å². The zero-order chi connectivity index (χ0) is 15.0. The molecule has 21 heavy (non-hydrogen) atoms. The predicted octanol–water partition coefficient (Wildman–Crippen LogP) is 3.98. The SMILES string of the molecule is CCn1nc(CC(N)c2cc(C)c(C)s2)c2ccccc21. The minimum atomic E-state index is 0.0195. The third-order valence-electron chi connectivity index (χ3n) is 4.00. The third kappa shape index (κ3) is 2.61. The van der Waals surface area contributed by atoms with E-state index in [1.54, 1.807) is 11.3 Å². The van der Waals surface area contributed by atoms with Crippen molar-refractivity contribution in [3.63, 3.8) is 0 Å². The molecule has 1 aromatic carbocycles. The first-order valence-electron chi connectivity index (χ1n) is 7.37. The number of aromatic nitrogens is 2. The molecule has 3 nitrogen and oxygen atoms in total. The fourth-order valence-electron chi connectivity index (χ4n) is 2.68. The summed E-state index contributed by atoms with van der Waals surface area (Å²) >= 11 is 1.80. The summed E-state index contributed by atoms with van der Waals surface area (Å²) in [5, 5.41) is 5.97. The zero-order valence-electron chi connectivity index (χ0n) is 12.8. The van der Waals surface area contributed by atoms with E-state index >= 15 is 0 Å². The lowest BCUT2D eigenvalue weighted by Gasteiger charge is -2.07. The molecular formula is C17H21N3S. The van der Waals surface area contributed by atoms with Gasteiger partial charge in [0.05, 0.1) is 11.2 Å². The summed E-state index contributed by atoms with van der Waals surface area (Å²) in [6, 6.07) is 10.6. The molecule has 0 bridgehead atoms. The lowest BCUT2D eigenvalue weighted by molar-refractivity contribution is 0.645. The number of nitrogens with two attached hydrogens (primary N) is 1. The molecule has 3 rings (SSSR count). The second kappa shape index (κ2) is 5.62. The molecule has 0 saturated carbocycles. The number of rotatable bonds is 4. The van der Waals surface area contributed by atoms with Crippen LogP contribution in [0.3, 0.4) is 0 Å². The summed E-state index contributed by atoms with van der Waals surface area (Å²) in [5.74, 6) is 0. The summed E-state index contributed by atoms with van der Waals surface area (Å²) in [5.41, 5.74) is 10.0. The van der Waals surface area contributed by atoms with Gasteiger partial charge >= 0.3 is 0 Å². The van der Waals surface area contributed by atoms with Crippen molar-refractivity contribution >= 4 is 22.2 Å². The molecular weight excluding hydrogens is 278 g/mol. The summed E-state index contributed by atoms with van der Waals surface area (Å²) < 4.78 is 2.06. The molecule has 0 amide bonds. The van der Waals surface area contributed by atoms with Crippen molar-refractivity contribution in [2.75, 3.05) is 0 Å². The fourth-order valence-corrected chi connectivity index (χ4v) is 3.73. The van der Waals surface area contributed by atoms with Gasteiger partial charge in [0.25, 0.3) is 0 Å². The van der Waals surface area contributed by atoms with Crippen LogP contribution in [-0.2, 0) is 13.0 Å². The van der Waals surface area contributed by atoms with Gasteiger partial charge in [-0.15, -0.1) is 11.3 Å². The molecule has 2 heterocycles. The van der Waals surface area contributed by atoms with E-state index in [2.05, 4.69) is 55.8 Å². The Morgan fingerprint density at radius 1 is 1.29 bits per heavy atom. The highest BCUT2D eigenvalue weighted by Crippen LogP contribution is 2.29. The molecule has 110 valence electrons. The molecule has 0 aliphatic rings. The van der Waals surface area contributed by atoms with Gasteiger partial charge in [0.15, 0.2) is 0 Å². The van der Waals surface area contributed by atoms with Gasteiger partial charge in [-0.3, -0.25) is 4.68 Å². The van der Waals surface area contributed by atoms with E-state index in [9.17, 15) is 0 Å². The number of hydrogen-bond acceptors (Lipinski definition) is 3. The third-order valence-corrected chi connectivity index (χ3v) is 5.28. The summed E-state index contributed by atoms with van der Waals surface area (Å²) in [6.45, 7) is 7.29. The Morgan fingerprint density at radius 2 is 2.05 bits per heavy atom. The van der Waals surface area contributed by atoms with E-state index < -0.39 is 0 Å². The monoisotopic (exact) mass is 299 g/mol. The molecule has 0 saturated heterocycles. The van der Waals surface area contributed by atoms with Crippen molar-refractivity contribution in [3.8, 4) is 0 Å². The Morgan fingerprint density at radius 3 is 2.71 bits per heavy atom. The van der Waals surface area contributed by atoms with Crippen LogP contribution in [0, 0.1) is 13.8 Å². The van der Waals surface area contributed by atoms with E-state index in [0.717, 1.165) is 18.7 Å². The number of hydrogen-bond donors (Lipinski definition) is 1. The van der Waals surface area contributed by atoms with Gasteiger partial charge in [-0.2, -0.15) is 5.10 Å². The van der Waals surface area contributed by atoms with Crippen molar-refractivity contribution in [2.45, 2.75) is 39.8 Å². The topological polar surface area (TPSA) is 43.8 Å². The van der Waals surface area contributed by atoms with Crippen LogP contribution in [0.4, 0.5) is 0 Å². The van der Waals surface area contributed by atoms with Gasteiger partial charge in [-0.25, -0.2) is 0 Å². The lowest BCUT2D eigenvalue weighted by Crippen LogP contribution is -2.12. The van der Waals surface area contributed by atoms with Gasteiger partial charge < -0.3 is 5.73 Å². The number of nitrogens with zero attached hydrogens (tertiary/aromatic N) is 2. The maximum absolute atomic E-state index is 6.41. The predicted molar refractivity (Wildman–Crippen MR) is 89.8 cm³/mol. The number of para-hydroxylation sites is 1. The number of thiophene rings is 1. The lowest BCUT2D eigenvalue weighted by atomic mass is 10.1. The maximum atomic E-state index is 6.41. The van der Waals surface area contributed by atoms with Crippen molar-refractivity contribution < 1.29 is 0 Å². The average molecular weight is 299 g/mol. The van der Waals surface area contributed by atoms with Crippen LogP contribution in [0.15, 0.2) is 30.3 Å². The van der Waals surface area contributed by atoms with Gasteiger partial charge in [0.2, 0.25) is 0 Å². The molecule has 2 N–H and O–H groups in total. The van der Waals surface area contributed by atoms with Crippen molar-refractivity contribution in [3.05, 3.63) is 51.3 Å². The summed E-state index contributed by atoms with van der Waals surface area (Å²) in [4.78, 5) is 2.60. The minimum Gasteiger partial charge on any atom is -0.323 e. The van der Waals surface area contributed by atoms with Crippen LogP contribution >= 0.6 is 11.3 Å². The second-order valence-corrected chi connectivity index (χ2v) is 6.77. The van der Waals surface area contributed by atoms with E-state index in [0.29, 0.717) is 0 Å². The van der Waals surface area contributed by atoms with E-state index in [-0.39, 0.29) is 6.04 Å². The highest BCUT2D eigenvalue weighted by atomic mass is 32.1. The van der Waals surface area contributed by atoms with Crippen LogP contribution < -0.4 is 5.73 Å². The molecule has 4 heteroatoms. The molecule has 0 spiro atoms.